The highest BCUT2D eigenvalue weighted by atomic mass is 35.5. The Morgan fingerprint density at radius 3 is 2.70 bits per heavy atom. The summed E-state index contributed by atoms with van der Waals surface area (Å²) in [7, 11) is 0. The van der Waals surface area contributed by atoms with Gasteiger partial charge in [-0.2, -0.15) is 0 Å². The maximum atomic E-state index is 14.3. The van der Waals surface area contributed by atoms with E-state index in [4.69, 9.17) is 21.1 Å². The third-order valence-corrected chi connectivity index (χ3v) is 8.48. The molecule has 0 aromatic heterocycles. The lowest BCUT2D eigenvalue weighted by molar-refractivity contribution is -0.161. The second-order valence-corrected chi connectivity index (χ2v) is 10.7. The summed E-state index contributed by atoms with van der Waals surface area (Å²) in [4.78, 5) is 44.5. The van der Waals surface area contributed by atoms with Gasteiger partial charge in [-0.1, -0.05) is 42.8 Å². The predicted molar refractivity (Wildman–Crippen MR) is 140 cm³/mol. The number of para-hydroxylation sites is 1. The van der Waals surface area contributed by atoms with Gasteiger partial charge in [-0.15, -0.1) is 13.2 Å². The summed E-state index contributed by atoms with van der Waals surface area (Å²) in [6, 6.07) is 5.91. The van der Waals surface area contributed by atoms with Gasteiger partial charge < -0.3 is 24.4 Å². The number of carbonyl (C=O) groups is 3. The molecule has 2 amide bonds. The lowest BCUT2D eigenvalue weighted by atomic mass is 9.62. The van der Waals surface area contributed by atoms with E-state index in [9.17, 15) is 19.5 Å². The average molecular weight is 531 g/mol. The minimum absolute atomic E-state index is 0.0620. The van der Waals surface area contributed by atoms with Crippen LogP contribution in [0.4, 0.5) is 5.69 Å². The molecule has 1 N–H and O–H groups in total. The monoisotopic (exact) mass is 530 g/mol. The van der Waals surface area contributed by atoms with Gasteiger partial charge in [-0.25, -0.2) is 0 Å². The molecule has 0 saturated carbocycles. The molecule has 200 valence electrons. The summed E-state index contributed by atoms with van der Waals surface area (Å²) in [5, 5.41) is 10.2. The van der Waals surface area contributed by atoms with Crippen molar-refractivity contribution in [2.75, 3.05) is 31.2 Å². The Kier molecular flexibility index (Phi) is 7.83. The highest BCUT2D eigenvalue weighted by molar-refractivity contribution is 6.34. The first-order chi connectivity index (χ1) is 17.7. The van der Waals surface area contributed by atoms with Gasteiger partial charge in [0.1, 0.15) is 17.6 Å². The van der Waals surface area contributed by atoms with Gasteiger partial charge in [-0.05, 0) is 44.2 Å². The van der Waals surface area contributed by atoms with Crippen LogP contribution in [0.15, 0.2) is 49.6 Å². The molecule has 1 aromatic carbocycles. The molecule has 6 atom stereocenters. The van der Waals surface area contributed by atoms with Gasteiger partial charge in [0.15, 0.2) is 0 Å². The zero-order valence-corrected chi connectivity index (χ0v) is 22.2. The number of β-amino-alcohol motifs (C(OH)–C–C–N with tert-alkyl or cyclic N) is 1. The summed E-state index contributed by atoms with van der Waals surface area (Å²) in [5.41, 5.74) is -1.72. The molecular weight excluding hydrogens is 496 g/mol. The molecule has 3 aliphatic rings. The Morgan fingerprint density at radius 1 is 1.32 bits per heavy atom. The van der Waals surface area contributed by atoms with E-state index in [0.717, 1.165) is 0 Å². The Hall–Kier alpha value is -2.68. The Labute approximate surface area is 222 Å². The lowest BCUT2D eigenvalue weighted by Crippen LogP contribution is -2.57. The first-order valence-electron chi connectivity index (χ1n) is 12.7. The normalized spacial score (nSPS) is 31.8. The van der Waals surface area contributed by atoms with E-state index >= 15 is 0 Å². The highest BCUT2D eigenvalue weighted by Gasteiger charge is 2.80. The van der Waals surface area contributed by atoms with Crippen LogP contribution in [0.2, 0.25) is 5.02 Å². The smallest absolute Gasteiger partial charge is 0.312 e. The number of rotatable bonds is 11. The maximum absolute atomic E-state index is 14.3. The van der Waals surface area contributed by atoms with Crippen molar-refractivity contribution in [2.45, 2.75) is 50.4 Å². The van der Waals surface area contributed by atoms with Crippen LogP contribution in [0.3, 0.4) is 0 Å². The van der Waals surface area contributed by atoms with Gasteiger partial charge in [0.2, 0.25) is 5.91 Å². The summed E-state index contributed by atoms with van der Waals surface area (Å²) >= 11 is 6.45. The molecule has 8 nitrogen and oxygen atoms in total. The predicted octanol–water partition coefficient (Wildman–Crippen LogP) is 3.37. The van der Waals surface area contributed by atoms with Crippen LogP contribution in [-0.2, 0) is 23.9 Å². The van der Waals surface area contributed by atoms with Crippen LogP contribution >= 0.6 is 11.6 Å². The van der Waals surface area contributed by atoms with Crippen LogP contribution in [-0.4, -0.2) is 71.3 Å². The van der Waals surface area contributed by atoms with Crippen LogP contribution < -0.4 is 4.90 Å². The number of allylic oxidation sites excluding steroid dienone is 1. The Balaban J connectivity index is 1.76. The fourth-order valence-electron chi connectivity index (χ4n) is 6.47. The van der Waals surface area contributed by atoms with Gasteiger partial charge in [0, 0.05) is 13.1 Å². The molecule has 1 spiro atoms. The molecule has 3 aliphatic heterocycles. The van der Waals surface area contributed by atoms with Crippen LogP contribution in [0.1, 0.15) is 33.1 Å². The van der Waals surface area contributed by atoms with Crippen molar-refractivity contribution in [3.63, 3.8) is 0 Å². The largest absolute Gasteiger partial charge is 0.465 e. The van der Waals surface area contributed by atoms with E-state index < -0.39 is 41.0 Å². The average Bonchev–Trinajstić information content (AvgIpc) is 3.37. The van der Waals surface area contributed by atoms with E-state index in [1.807, 2.05) is 13.8 Å². The number of ether oxygens (including phenoxy) is 2. The fraction of sp³-hybridized carbons (Fsp3) is 0.536. The number of benzene rings is 1. The minimum Gasteiger partial charge on any atom is -0.465 e. The number of unbranched alkanes of at least 4 members (excludes halogenated alkanes) is 1. The third kappa shape index (κ3) is 4.29. The number of nitrogens with zero attached hydrogens (tertiary/aromatic N) is 2. The highest BCUT2D eigenvalue weighted by Crippen LogP contribution is 2.65. The molecule has 37 heavy (non-hydrogen) atoms. The number of carbonyl (C=O) groups excluding carboxylic acids is 3. The number of hydrogen-bond donors (Lipinski definition) is 1. The first-order valence-corrected chi connectivity index (χ1v) is 13.1. The maximum Gasteiger partial charge on any atom is 0.312 e. The van der Waals surface area contributed by atoms with Crippen molar-refractivity contribution < 1.29 is 29.0 Å². The quantitative estimate of drug-likeness (QED) is 0.268. The number of aliphatic hydroxyl groups excluding tert-OH is 1. The minimum atomic E-state index is -1.23. The summed E-state index contributed by atoms with van der Waals surface area (Å²) < 4.78 is 12.2. The van der Waals surface area contributed by atoms with E-state index in [2.05, 4.69) is 13.2 Å². The fourth-order valence-corrected chi connectivity index (χ4v) is 6.71. The third-order valence-electron chi connectivity index (χ3n) is 8.16. The Morgan fingerprint density at radius 2 is 2.05 bits per heavy atom. The SMILES string of the molecule is C=CCCCOC(=O)[C@@H]1[C@H]2C(=O)N(CCO)C(C(=O)N(CC=C)c3ccccc3Cl)C23CC(C)[C@@]1(C)O3. The van der Waals surface area contributed by atoms with Crippen molar-refractivity contribution in [1.82, 2.24) is 4.90 Å². The van der Waals surface area contributed by atoms with E-state index in [0.29, 0.717) is 30.0 Å². The first kappa shape index (κ1) is 27.4. The zero-order valence-electron chi connectivity index (χ0n) is 21.4. The van der Waals surface area contributed by atoms with E-state index in [1.54, 1.807) is 36.4 Å². The molecule has 3 saturated heterocycles. The second-order valence-electron chi connectivity index (χ2n) is 10.2. The summed E-state index contributed by atoms with van der Waals surface area (Å²) in [6.07, 6.45) is 5.10. The molecule has 2 bridgehead atoms. The lowest BCUT2D eigenvalue weighted by Gasteiger charge is -2.37. The number of anilines is 1. The number of amides is 2. The molecular formula is C28H35ClN2O6. The molecule has 0 aliphatic carbocycles. The van der Waals surface area contributed by atoms with Gasteiger partial charge in [0.25, 0.3) is 5.91 Å². The molecule has 1 aromatic rings. The van der Waals surface area contributed by atoms with Crippen LogP contribution in [0.5, 0.6) is 0 Å². The van der Waals surface area contributed by atoms with Crippen molar-refractivity contribution >= 4 is 35.1 Å². The van der Waals surface area contributed by atoms with Crippen LogP contribution in [0, 0.1) is 17.8 Å². The van der Waals surface area contributed by atoms with E-state index in [1.165, 1.54) is 9.80 Å². The number of esters is 1. The van der Waals surface area contributed by atoms with Gasteiger partial charge in [0.05, 0.1) is 35.4 Å². The molecule has 3 unspecified atom stereocenters. The topological polar surface area (TPSA) is 96.4 Å². The van der Waals surface area contributed by atoms with E-state index in [-0.39, 0.29) is 38.1 Å². The number of likely N-dealkylation sites (tertiary alicyclic amines) is 1. The Bertz CT molecular complexity index is 1090. The van der Waals surface area contributed by atoms with Gasteiger partial charge in [-0.3, -0.25) is 14.4 Å². The van der Waals surface area contributed by atoms with Crippen molar-refractivity contribution in [3.05, 3.63) is 54.6 Å². The van der Waals surface area contributed by atoms with Crippen molar-refractivity contribution in [2.24, 2.45) is 17.8 Å². The number of hydrogen-bond acceptors (Lipinski definition) is 6. The van der Waals surface area contributed by atoms with Crippen LogP contribution in [0.25, 0.3) is 0 Å². The molecule has 0 radical (unpaired) electrons. The molecule has 4 rings (SSSR count). The number of fused-ring (bicyclic) bond motifs is 1. The van der Waals surface area contributed by atoms with Crippen molar-refractivity contribution in [3.8, 4) is 0 Å². The zero-order chi connectivity index (χ0) is 27.0. The summed E-state index contributed by atoms with van der Waals surface area (Å²) in [6.45, 7) is 11.2. The number of aliphatic hydroxyl groups is 1. The summed E-state index contributed by atoms with van der Waals surface area (Å²) in [5.74, 6) is -3.13. The standard InChI is InChI=1S/C28H35ClN2O6/c1-5-7-10-16-36-26(35)22-21-24(33)31(14-15-32)23(28(21)17-18(3)27(22,4)37-28)25(34)30(13-6-2)20-12-9-8-11-19(20)29/h5-6,8-9,11-12,18,21-23,32H,1-2,7,10,13-17H2,3-4H3/t18?,21-,22-,23?,27+,28?/m0/s1. The second kappa shape index (κ2) is 10.6. The molecule has 3 heterocycles. The molecule has 3 fully saturated rings. The van der Waals surface area contributed by atoms with Gasteiger partial charge >= 0.3 is 5.97 Å². The molecule has 9 heteroatoms. The number of halogens is 1. The van der Waals surface area contributed by atoms with Crippen molar-refractivity contribution in [1.29, 1.82) is 0 Å².